The maximum atomic E-state index is 12.2. The summed E-state index contributed by atoms with van der Waals surface area (Å²) in [7, 11) is -3.35. The summed E-state index contributed by atoms with van der Waals surface area (Å²) in [6.07, 6.45) is 2.20. The van der Waals surface area contributed by atoms with E-state index in [-0.39, 0.29) is 15.5 Å². The molecule has 7 heteroatoms. The van der Waals surface area contributed by atoms with Crippen molar-refractivity contribution in [1.29, 1.82) is 0 Å². The van der Waals surface area contributed by atoms with Gasteiger partial charge in [0, 0.05) is 16.9 Å². The van der Waals surface area contributed by atoms with Gasteiger partial charge in [-0.3, -0.25) is 0 Å². The number of sulfonamides is 1. The average Bonchev–Trinajstić information content (AvgIpc) is 2.84. The maximum absolute atomic E-state index is 12.2. The molecule has 2 rings (SSSR count). The zero-order chi connectivity index (χ0) is 15.5. The maximum Gasteiger partial charge on any atom is 0.215 e. The van der Waals surface area contributed by atoms with Crippen molar-refractivity contribution >= 4 is 39.0 Å². The van der Waals surface area contributed by atoms with Gasteiger partial charge in [0.05, 0.1) is 5.75 Å². The molecule has 1 aromatic carbocycles. The summed E-state index contributed by atoms with van der Waals surface area (Å²) in [5, 5.41) is 0. The first-order chi connectivity index (χ1) is 9.80. The molecule has 0 aliphatic carbocycles. The molecule has 0 radical (unpaired) electrons. The quantitative estimate of drug-likeness (QED) is 0.773. The molecule has 21 heavy (non-hydrogen) atoms. The minimum atomic E-state index is -3.35. The predicted molar refractivity (Wildman–Crippen MR) is 93.1 cm³/mol. The Balaban J connectivity index is 2.00. The van der Waals surface area contributed by atoms with Gasteiger partial charge in [-0.05, 0) is 37.1 Å². The number of thioether (sulfide) groups is 1. The fraction of sp³-hybridized carbons (Fsp3) is 0.500. The Hall–Kier alpha value is -0.630. The van der Waals surface area contributed by atoms with Gasteiger partial charge in [-0.25, -0.2) is 13.1 Å². The molecule has 1 fully saturated rings. The summed E-state index contributed by atoms with van der Waals surface area (Å²) in [5.74, 6) is 1.05. The van der Waals surface area contributed by atoms with Crippen LogP contribution in [0.3, 0.4) is 0 Å². The highest BCUT2D eigenvalue weighted by Gasteiger charge is 2.30. The Morgan fingerprint density at radius 2 is 2.29 bits per heavy atom. The Morgan fingerprint density at radius 3 is 2.90 bits per heavy atom. The van der Waals surface area contributed by atoms with Crippen LogP contribution in [0.1, 0.15) is 30.9 Å². The van der Waals surface area contributed by atoms with Gasteiger partial charge in [-0.15, -0.1) is 0 Å². The van der Waals surface area contributed by atoms with E-state index < -0.39 is 10.0 Å². The molecule has 0 spiro atoms. The monoisotopic (exact) mass is 344 g/mol. The van der Waals surface area contributed by atoms with Crippen LogP contribution < -0.4 is 10.5 Å². The largest absolute Gasteiger partial charge is 0.389 e. The van der Waals surface area contributed by atoms with Gasteiger partial charge in [-0.2, -0.15) is 11.8 Å². The minimum Gasteiger partial charge on any atom is -0.389 e. The van der Waals surface area contributed by atoms with Crippen molar-refractivity contribution in [3.63, 3.8) is 0 Å². The van der Waals surface area contributed by atoms with Crippen molar-refractivity contribution in [2.75, 3.05) is 12.3 Å². The third kappa shape index (κ3) is 4.95. The van der Waals surface area contributed by atoms with Crippen LogP contribution in [-0.4, -0.2) is 30.5 Å². The molecule has 1 saturated heterocycles. The van der Waals surface area contributed by atoms with Gasteiger partial charge >= 0.3 is 0 Å². The van der Waals surface area contributed by atoms with Crippen LogP contribution in [0.15, 0.2) is 24.3 Å². The molecule has 0 saturated carbocycles. The lowest BCUT2D eigenvalue weighted by molar-refractivity contribution is 0.552. The topological polar surface area (TPSA) is 72.2 Å². The van der Waals surface area contributed by atoms with E-state index in [1.54, 1.807) is 24.3 Å². The Morgan fingerprint density at radius 1 is 1.52 bits per heavy atom. The fourth-order valence-corrected chi connectivity index (χ4v) is 5.05. The SMILES string of the molecule is CC1(CNS(=O)(=O)Cc2cccc(C(N)=S)c2)CCCS1. The van der Waals surface area contributed by atoms with E-state index in [1.807, 2.05) is 11.8 Å². The second kappa shape index (κ2) is 6.64. The van der Waals surface area contributed by atoms with Crippen LogP contribution in [0.25, 0.3) is 0 Å². The zero-order valence-electron chi connectivity index (χ0n) is 12.0. The standard InChI is InChI=1S/C14H20N2O2S3/c1-14(6-3-7-20-14)10-16-21(17,18)9-11-4-2-5-12(8-11)13(15)19/h2,4-5,8,16H,3,6-7,9-10H2,1H3,(H2,15,19). The number of thiocarbonyl (C=S) groups is 1. The molecular formula is C14H20N2O2S3. The molecule has 0 aromatic heterocycles. The van der Waals surface area contributed by atoms with Crippen LogP contribution in [-0.2, 0) is 15.8 Å². The van der Waals surface area contributed by atoms with E-state index in [0.29, 0.717) is 17.7 Å². The van der Waals surface area contributed by atoms with Crippen LogP contribution >= 0.6 is 24.0 Å². The third-order valence-electron chi connectivity index (χ3n) is 3.53. The number of rotatable bonds is 6. The molecule has 0 amide bonds. The van der Waals surface area contributed by atoms with Crippen molar-refractivity contribution in [2.24, 2.45) is 5.73 Å². The molecule has 1 aromatic rings. The van der Waals surface area contributed by atoms with E-state index in [9.17, 15) is 8.42 Å². The summed E-state index contributed by atoms with van der Waals surface area (Å²) < 4.78 is 27.1. The van der Waals surface area contributed by atoms with Crippen LogP contribution in [0, 0.1) is 0 Å². The third-order valence-corrected chi connectivity index (χ3v) is 6.61. The van der Waals surface area contributed by atoms with Crippen LogP contribution in [0.5, 0.6) is 0 Å². The zero-order valence-corrected chi connectivity index (χ0v) is 14.4. The summed E-state index contributed by atoms with van der Waals surface area (Å²) in [6.45, 7) is 2.59. The first-order valence-corrected chi connectivity index (χ1v) is 9.84. The van der Waals surface area contributed by atoms with E-state index in [0.717, 1.165) is 18.6 Å². The Labute approximate surface area is 135 Å². The van der Waals surface area contributed by atoms with Crippen molar-refractivity contribution in [1.82, 2.24) is 4.72 Å². The van der Waals surface area contributed by atoms with Crippen molar-refractivity contribution in [3.8, 4) is 0 Å². The Kier molecular flexibility index (Phi) is 5.29. The molecule has 1 atom stereocenters. The highest BCUT2D eigenvalue weighted by atomic mass is 32.2. The second-order valence-corrected chi connectivity index (χ2v) is 9.48. The smallest absolute Gasteiger partial charge is 0.215 e. The summed E-state index contributed by atoms with van der Waals surface area (Å²) >= 11 is 6.75. The normalized spacial score (nSPS) is 22.3. The minimum absolute atomic E-state index is 0.0216. The lowest BCUT2D eigenvalue weighted by Gasteiger charge is -2.22. The first-order valence-electron chi connectivity index (χ1n) is 6.80. The average molecular weight is 345 g/mol. The number of nitrogens with two attached hydrogens (primary N) is 1. The van der Waals surface area contributed by atoms with Gasteiger partial charge in [0.25, 0.3) is 0 Å². The number of benzene rings is 1. The van der Waals surface area contributed by atoms with Gasteiger partial charge in [-0.1, -0.05) is 30.4 Å². The van der Waals surface area contributed by atoms with Crippen molar-refractivity contribution in [3.05, 3.63) is 35.4 Å². The van der Waals surface area contributed by atoms with Crippen molar-refractivity contribution < 1.29 is 8.42 Å². The fourth-order valence-electron chi connectivity index (χ4n) is 2.32. The number of hydrogen-bond donors (Lipinski definition) is 2. The van der Waals surface area contributed by atoms with Crippen molar-refractivity contribution in [2.45, 2.75) is 30.3 Å². The molecule has 3 N–H and O–H groups in total. The second-order valence-electron chi connectivity index (χ2n) is 5.55. The molecule has 1 aliphatic rings. The van der Waals surface area contributed by atoms with E-state index in [1.165, 1.54) is 0 Å². The van der Waals surface area contributed by atoms with Gasteiger partial charge in [0.15, 0.2) is 0 Å². The molecule has 0 bridgehead atoms. The van der Waals surface area contributed by atoms with Gasteiger partial charge < -0.3 is 5.73 Å². The lowest BCUT2D eigenvalue weighted by atomic mass is 10.1. The van der Waals surface area contributed by atoms with E-state index >= 15 is 0 Å². The van der Waals surface area contributed by atoms with Crippen LogP contribution in [0.4, 0.5) is 0 Å². The van der Waals surface area contributed by atoms with E-state index in [4.69, 9.17) is 18.0 Å². The molecule has 1 aliphatic heterocycles. The highest BCUT2D eigenvalue weighted by molar-refractivity contribution is 8.01. The van der Waals surface area contributed by atoms with E-state index in [2.05, 4.69) is 11.6 Å². The lowest BCUT2D eigenvalue weighted by Crippen LogP contribution is -2.37. The molecule has 1 unspecified atom stereocenters. The first kappa shape index (κ1) is 16.7. The Bertz CT molecular complexity index is 623. The molecule has 4 nitrogen and oxygen atoms in total. The molecular weight excluding hydrogens is 324 g/mol. The molecule has 1 heterocycles. The van der Waals surface area contributed by atoms with Crippen LogP contribution in [0.2, 0.25) is 0 Å². The predicted octanol–water partition coefficient (Wildman–Crippen LogP) is 2.03. The van der Waals surface area contributed by atoms with Gasteiger partial charge in [0.2, 0.25) is 10.0 Å². The summed E-state index contributed by atoms with van der Waals surface area (Å²) in [4.78, 5) is 0.275. The number of hydrogen-bond acceptors (Lipinski definition) is 4. The summed E-state index contributed by atoms with van der Waals surface area (Å²) in [6, 6.07) is 7.05. The number of nitrogens with one attached hydrogen (secondary N) is 1. The molecule has 116 valence electrons. The van der Waals surface area contributed by atoms with Gasteiger partial charge in [0.1, 0.15) is 4.99 Å². The highest BCUT2D eigenvalue weighted by Crippen LogP contribution is 2.37. The summed E-state index contributed by atoms with van der Waals surface area (Å²) in [5.41, 5.74) is 6.95.